The molecule has 0 spiro atoms. The molecule has 1 fully saturated rings. The molecule has 0 radical (unpaired) electrons. The van der Waals surface area contributed by atoms with Crippen molar-refractivity contribution in [2.45, 2.75) is 26.8 Å². The van der Waals surface area contributed by atoms with Crippen molar-refractivity contribution >= 4 is 11.6 Å². The molecule has 2 aromatic rings. The van der Waals surface area contributed by atoms with Gasteiger partial charge < -0.3 is 0 Å². The summed E-state index contributed by atoms with van der Waals surface area (Å²) in [5.41, 5.74) is 1.45. The normalized spacial score (nSPS) is 20.5. The van der Waals surface area contributed by atoms with Crippen LogP contribution in [0.4, 0.5) is 0 Å². The Balaban J connectivity index is 2.12. The SMILES string of the molecule is Cc1ccc(-c2c(Cl)[nH]c(=O)n(CC3CC3C)c2=O)cc1. The van der Waals surface area contributed by atoms with Crippen molar-refractivity contribution in [1.29, 1.82) is 0 Å². The summed E-state index contributed by atoms with van der Waals surface area (Å²) in [6, 6.07) is 7.54. The number of rotatable bonds is 3. The van der Waals surface area contributed by atoms with E-state index in [4.69, 9.17) is 11.6 Å². The predicted molar refractivity (Wildman–Crippen MR) is 83.8 cm³/mol. The molecule has 0 aliphatic heterocycles. The average molecular weight is 305 g/mol. The van der Waals surface area contributed by atoms with Gasteiger partial charge in [-0.15, -0.1) is 0 Å². The molecule has 0 saturated heterocycles. The van der Waals surface area contributed by atoms with Gasteiger partial charge in [0.25, 0.3) is 5.56 Å². The van der Waals surface area contributed by atoms with E-state index in [1.54, 1.807) is 0 Å². The lowest BCUT2D eigenvalue weighted by atomic mass is 10.1. The zero-order valence-corrected chi connectivity index (χ0v) is 12.8. The molecule has 5 heteroatoms. The first-order chi connectivity index (χ1) is 9.97. The van der Waals surface area contributed by atoms with Crippen molar-refractivity contribution < 1.29 is 0 Å². The van der Waals surface area contributed by atoms with Crippen molar-refractivity contribution in [3.05, 3.63) is 55.8 Å². The zero-order valence-electron chi connectivity index (χ0n) is 12.0. The molecule has 110 valence electrons. The van der Waals surface area contributed by atoms with Crippen LogP contribution >= 0.6 is 11.6 Å². The van der Waals surface area contributed by atoms with Gasteiger partial charge in [0.05, 0.1) is 5.56 Å². The molecule has 3 rings (SSSR count). The van der Waals surface area contributed by atoms with Crippen LogP contribution in [0.5, 0.6) is 0 Å². The van der Waals surface area contributed by atoms with E-state index >= 15 is 0 Å². The largest absolute Gasteiger partial charge is 0.329 e. The van der Waals surface area contributed by atoms with Gasteiger partial charge in [-0.05, 0) is 30.7 Å². The van der Waals surface area contributed by atoms with Gasteiger partial charge in [-0.25, -0.2) is 4.79 Å². The number of aryl methyl sites for hydroxylation is 1. The van der Waals surface area contributed by atoms with Gasteiger partial charge in [0.1, 0.15) is 5.15 Å². The molecule has 1 heterocycles. The molecule has 1 N–H and O–H groups in total. The highest BCUT2D eigenvalue weighted by molar-refractivity contribution is 6.32. The van der Waals surface area contributed by atoms with Crippen LogP contribution in [-0.4, -0.2) is 9.55 Å². The number of hydrogen-bond acceptors (Lipinski definition) is 2. The van der Waals surface area contributed by atoms with Gasteiger partial charge in [-0.1, -0.05) is 48.4 Å². The van der Waals surface area contributed by atoms with E-state index in [2.05, 4.69) is 11.9 Å². The number of nitrogens with zero attached hydrogens (tertiary/aromatic N) is 1. The fourth-order valence-corrected chi connectivity index (χ4v) is 2.84. The number of hydrogen-bond donors (Lipinski definition) is 1. The van der Waals surface area contributed by atoms with Crippen molar-refractivity contribution in [3.8, 4) is 11.1 Å². The predicted octanol–water partition coefficient (Wildman–Crippen LogP) is 2.82. The molecule has 0 bridgehead atoms. The smallest absolute Gasteiger partial charge is 0.297 e. The summed E-state index contributed by atoms with van der Waals surface area (Å²) in [7, 11) is 0. The molecular formula is C16H17ClN2O2. The van der Waals surface area contributed by atoms with E-state index in [-0.39, 0.29) is 10.7 Å². The molecule has 2 unspecified atom stereocenters. The minimum absolute atomic E-state index is 0.106. The average Bonchev–Trinajstić information content (AvgIpc) is 3.12. The van der Waals surface area contributed by atoms with Crippen LogP contribution in [-0.2, 0) is 6.54 Å². The van der Waals surface area contributed by atoms with E-state index in [0.29, 0.717) is 23.9 Å². The van der Waals surface area contributed by atoms with Gasteiger partial charge in [0.2, 0.25) is 0 Å². The Hall–Kier alpha value is -1.81. The van der Waals surface area contributed by atoms with Crippen LogP contribution in [0, 0.1) is 18.8 Å². The van der Waals surface area contributed by atoms with E-state index in [9.17, 15) is 9.59 Å². The zero-order chi connectivity index (χ0) is 15.1. The van der Waals surface area contributed by atoms with Crippen molar-refractivity contribution in [3.63, 3.8) is 0 Å². The first-order valence-electron chi connectivity index (χ1n) is 7.07. The second kappa shape index (κ2) is 5.19. The quantitative estimate of drug-likeness (QED) is 0.887. The van der Waals surface area contributed by atoms with Crippen LogP contribution in [0.15, 0.2) is 33.9 Å². The van der Waals surface area contributed by atoms with E-state index < -0.39 is 5.69 Å². The topological polar surface area (TPSA) is 54.9 Å². The molecule has 1 aliphatic rings. The number of aromatic amines is 1. The molecule has 4 nitrogen and oxygen atoms in total. The number of halogens is 1. The molecule has 1 aromatic heterocycles. The van der Waals surface area contributed by atoms with Crippen LogP contribution in [0.2, 0.25) is 5.15 Å². The standard InChI is InChI=1S/C16H17ClN2O2/c1-9-3-5-11(6-4-9)13-14(17)18-16(21)19(15(13)20)8-12-7-10(12)2/h3-6,10,12H,7-8H2,1-2H3,(H,18,21). The number of H-pyrrole nitrogens is 1. The molecule has 1 aliphatic carbocycles. The minimum atomic E-state index is -0.431. The lowest BCUT2D eigenvalue weighted by Crippen LogP contribution is -2.36. The van der Waals surface area contributed by atoms with Gasteiger partial charge in [-0.2, -0.15) is 0 Å². The summed E-state index contributed by atoms with van der Waals surface area (Å²) < 4.78 is 1.27. The Morgan fingerprint density at radius 3 is 2.48 bits per heavy atom. The van der Waals surface area contributed by atoms with Crippen LogP contribution in [0.25, 0.3) is 11.1 Å². The summed E-state index contributed by atoms with van der Waals surface area (Å²) in [4.78, 5) is 27.2. The van der Waals surface area contributed by atoms with E-state index in [1.165, 1.54) is 4.57 Å². The van der Waals surface area contributed by atoms with E-state index in [1.807, 2.05) is 31.2 Å². The third-order valence-corrected chi connectivity index (χ3v) is 4.46. The Morgan fingerprint density at radius 2 is 1.90 bits per heavy atom. The summed E-state index contributed by atoms with van der Waals surface area (Å²) >= 11 is 6.09. The minimum Gasteiger partial charge on any atom is -0.297 e. The lowest BCUT2D eigenvalue weighted by molar-refractivity contribution is 0.552. The van der Waals surface area contributed by atoms with Crippen LogP contribution in [0.1, 0.15) is 18.9 Å². The Labute approximate surface area is 127 Å². The molecule has 1 aromatic carbocycles. The monoisotopic (exact) mass is 304 g/mol. The first kappa shape index (κ1) is 14.1. The highest BCUT2D eigenvalue weighted by Gasteiger charge is 2.33. The highest BCUT2D eigenvalue weighted by atomic mass is 35.5. The Bertz CT molecular complexity index is 789. The molecule has 21 heavy (non-hydrogen) atoms. The molecule has 2 atom stereocenters. The van der Waals surface area contributed by atoms with Gasteiger partial charge in [0.15, 0.2) is 0 Å². The number of nitrogens with one attached hydrogen (secondary N) is 1. The Morgan fingerprint density at radius 1 is 1.29 bits per heavy atom. The third-order valence-electron chi connectivity index (χ3n) is 4.17. The summed E-state index contributed by atoms with van der Waals surface area (Å²) in [5, 5.41) is 0.106. The summed E-state index contributed by atoms with van der Waals surface area (Å²) in [6.45, 7) is 4.57. The maximum absolute atomic E-state index is 12.6. The second-order valence-electron chi connectivity index (χ2n) is 5.87. The second-order valence-corrected chi connectivity index (χ2v) is 6.25. The maximum atomic E-state index is 12.6. The van der Waals surface area contributed by atoms with Gasteiger partial charge in [-0.3, -0.25) is 14.3 Å². The highest BCUT2D eigenvalue weighted by Crippen LogP contribution is 2.38. The van der Waals surface area contributed by atoms with Crippen molar-refractivity contribution in [2.24, 2.45) is 11.8 Å². The third kappa shape index (κ3) is 2.68. The van der Waals surface area contributed by atoms with Crippen LogP contribution < -0.4 is 11.2 Å². The number of aromatic nitrogens is 2. The molecule has 0 amide bonds. The van der Waals surface area contributed by atoms with Gasteiger partial charge >= 0.3 is 5.69 Å². The van der Waals surface area contributed by atoms with Crippen molar-refractivity contribution in [2.75, 3.05) is 0 Å². The summed E-state index contributed by atoms with van der Waals surface area (Å²) in [5.74, 6) is 0.991. The van der Waals surface area contributed by atoms with Gasteiger partial charge in [0, 0.05) is 6.54 Å². The van der Waals surface area contributed by atoms with Crippen LogP contribution in [0.3, 0.4) is 0 Å². The summed E-state index contributed by atoms with van der Waals surface area (Å²) in [6.07, 6.45) is 1.06. The maximum Gasteiger partial charge on any atom is 0.329 e. The lowest BCUT2D eigenvalue weighted by Gasteiger charge is -2.09. The molecule has 1 saturated carbocycles. The Kier molecular flexibility index (Phi) is 3.49. The fourth-order valence-electron chi connectivity index (χ4n) is 2.57. The first-order valence-corrected chi connectivity index (χ1v) is 7.45. The van der Waals surface area contributed by atoms with E-state index in [0.717, 1.165) is 17.5 Å². The number of benzene rings is 1. The fraction of sp³-hybridized carbons (Fsp3) is 0.375. The molecular weight excluding hydrogens is 288 g/mol. The van der Waals surface area contributed by atoms with Crippen molar-refractivity contribution in [1.82, 2.24) is 9.55 Å².